The highest BCUT2D eigenvalue weighted by molar-refractivity contribution is 9.10. The highest BCUT2D eigenvalue weighted by Crippen LogP contribution is 2.17. The molecule has 1 amide bonds. The molecule has 0 bridgehead atoms. The zero-order valence-corrected chi connectivity index (χ0v) is 16.9. The maximum absolute atomic E-state index is 12.7. The van der Waals surface area contributed by atoms with Crippen molar-refractivity contribution in [2.24, 2.45) is 0 Å². The Hall–Kier alpha value is -1.37. The monoisotopic (exact) mass is 426 g/mol. The van der Waals surface area contributed by atoms with Gasteiger partial charge < -0.3 is 10.6 Å². The standard InChI is InChI=1S/C18H23BrN4O.ClH/c1-12-17(18(24)21-16-7-4-8-20-10-16)13(2)23(22-12)11-14-5-3-6-15(19)9-14;/h3,5-6,9,16,20H,4,7-8,10-11H2,1-2H3,(H,21,24);1H/t16-;/m0./s1. The number of piperidine rings is 1. The van der Waals surface area contributed by atoms with Gasteiger partial charge in [-0.2, -0.15) is 5.10 Å². The van der Waals surface area contributed by atoms with Crippen LogP contribution >= 0.6 is 28.3 Å². The number of hydrogen-bond donors (Lipinski definition) is 2. The van der Waals surface area contributed by atoms with Crippen molar-refractivity contribution in [3.8, 4) is 0 Å². The van der Waals surface area contributed by atoms with Gasteiger partial charge in [0.15, 0.2) is 0 Å². The molecule has 0 unspecified atom stereocenters. The van der Waals surface area contributed by atoms with E-state index in [0.29, 0.717) is 12.1 Å². The molecule has 7 heteroatoms. The van der Waals surface area contributed by atoms with Crippen molar-refractivity contribution in [2.75, 3.05) is 13.1 Å². The van der Waals surface area contributed by atoms with Gasteiger partial charge in [-0.15, -0.1) is 12.4 Å². The maximum atomic E-state index is 12.7. The van der Waals surface area contributed by atoms with E-state index < -0.39 is 0 Å². The first-order valence-corrected chi connectivity index (χ1v) is 9.14. The predicted octanol–water partition coefficient (Wildman–Crippen LogP) is 3.21. The summed E-state index contributed by atoms with van der Waals surface area (Å²) in [5.74, 6) is -0.0146. The van der Waals surface area contributed by atoms with E-state index in [1.165, 1.54) is 0 Å². The lowest BCUT2D eigenvalue weighted by Crippen LogP contribution is -2.45. The Morgan fingerprint density at radius 1 is 1.44 bits per heavy atom. The molecule has 0 saturated carbocycles. The van der Waals surface area contributed by atoms with Crippen LogP contribution in [0.5, 0.6) is 0 Å². The number of nitrogens with zero attached hydrogens (tertiary/aromatic N) is 2. The number of carbonyl (C=O) groups is 1. The fraction of sp³-hybridized carbons (Fsp3) is 0.444. The molecule has 0 spiro atoms. The van der Waals surface area contributed by atoms with Gasteiger partial charge in [0.05, 0.1) is 17.8 Å². The molecule has 2 aromatic rings. The molecule has 5 nitrogen and oxygen atoms in total. The smallest absolute Gasteiger partial charge is 0.255 e. The molecule has 1 aromatic heterocycles. The second-order valence-electron chi connectivity index (χ2n) is 6.35. The van der Waals surface area contributed by atoms with Crippen LogP contribution in [0, 0.1) is 13.8 Å². The zero-order valence-electron chi connectivity index (χ0n) is 14.5. The number of aryl methyl sites for hydroxylation is 1. The summed E-state index contributed by atoms with van der Waals surface area (Å²) in [7, 11) is 0. The van der Waals surface area contributed by atoms with Crippen LogP contribution in [-0.2, 0) is 6.54 Å². The van der Waals surface area contributed by atoms with Crippen LogP contribution in [0.4, 0.5) is 0 Å². The first kappa shape index (κ1) is 19.9. The number of carbonyl (C=O) groups excluding carboxylic acids is 1. The second-order valence-corrected chi connectivity index (χ2v) is 7.27. The number of halogens is 2. The molecule has 2 heterocycles. The lowest BCUT2D eigenvalue weighted by atomic mass is 10.1. The van der Waals surface area contributed by atoms with Crippen LogP contribution in [0.3, 0.4) is 0 Å². The summed E-state index contributed by atoms with van der Waals surface area (Å²) in [4.78, 5) is 12.7. The van der Waals surface area contributed by atoms with E-state index in [2.05, 4.69) is 43.8 Å². The first-order chi connectivity index (χ1) is 11.5. The fourth-order valence-electron chi connectivity index (χ4n) is 3.22. The third kappa shape index (κ3) is 4.84. The van der Waals surface area contributed by atoms with Gasteiger partial charge in [-0.25, -0.2) is 0 Å². The summed E-state index contributed by atoms with van der Waals surface area (Å²) in [5.41, 5.74) is 3.55. The number of benzene rings is 1. The largest absolute Gasteiger partial charge is 0.348 e. The molecule has 1 atom stereocenters. The molecular formula is C18H24BrClN4O. The third-order valence-electron chi connectivity index (χ3n) is 4.46. The lowest BCUT2D eigenvalue weighted by molar-refractivity contribution is 0.0929. The lowest BCUT2D eigenvalue weighted by Gasteiger charge is -2.23. The normalized spacial score (nSPS) is 17.0. The van der Waals surface area contributed by atoms with Crippen LogP contribution in [0.15, 0.2) is 28.7 Å². The van der Waals surface area contributed by atoms with Crippen molar-refractivity contribution in [3.63, 3.8) is 0 Å². The van der Waals surface area contributed by atoms with E-state index in [1.54, 1.807) is 0 Å². The minimum atomic E-state index is -0.0146. The van der Waals surface area contributed by atoms with Crippen molar-refractivity contribution in [2.45, 2.75) is 39.3 Å². The van der Waals surface area contributed by atoms with Crippen LogP contribution in [0.2, 0.25) is 0 Å². The third-order valence-corrected chi connectivity index (χ3v) is 4.96. The minimum absolute atomic E-state index is 0. The Balaban J connectivity index is 0.00000225. The fourth-order valence-corrected chi connectivity index (χ4v) is 3.67. The maximum Gasteiger partial charge on any atom is 0.255 e. The number of aromatic nitrogens is 2. The van der Waals surface area contributed by atoms with Crippen LogP contribution in [0.1, 0.15) is 40.2 Å². The first-order valence-electron chi connectivity index (χ1n) is 8.34. The Kier molecular flexibility index (Phi) is 7.04. The van der Waals surface area contributed by atoms with Crippen molar-refractivity contribution in [1.29, 1.82) is 0 Å². The molecule has 2 N–H and O–H groups in total. The minimum Gasteiger partial charge on any atom is -0.348 e. The van der Waals surface area contributed by atoms with Gasteiger partial charge >= 0.3 is 0 Å². The zero-order chi connectivity index (χ0) is 17.1. The Bertz CT molecular complexity index is 741. The van der Waals surface area contributed by atoms with Gasteiger partial charge in [0, 0.05) is 22.8 Å². The molecule has 3 rings (SSSR count). The molecule has 1 fully saturated rings. The number of amides is 1. The highest BCUT2D eigenvalue weighted by atomic mass is 79.9. The van der Waals surface area contributed by atoms with Gasteiger partial charge in [-0.1, -0.05) is 28.1 Å². The van der Waals surface area contributed by atoms with Gasteiger partial charge in [-0.05, 0) is 50.9 Å². The van der Waals surface area contributed by atoms with Crippen LogP contribution < -0.4 is 10.6 Å². The molecule has 0 aliphatic carbocycles. The number of nitrogens with one attached hydrogen (secondary N) is 2. The summed E-state index contributed by atoms with van der Waals surface area (Å²) < 4.78 is 2.95. The molecule has 136 valence electrons. The van der Waals surface area contributed by atoms with E-state index in [1.807, 2.05) is 30.7 Å². The Morgan fingerprint density at radius 3 is 2.92 bits per heavy atom. The molecule has 1 aliphatic rings. The van der Waals surface area contributed by atoms with Crippen molar-refractivity contribution >= 4 is 34.2 Å². The molecular weight excluding hydrogens is 404 g/mol. The Labute approximate surface area is 163 Å². The van der Waals surface area contributed by atoms with E-state index in [9.17, 15) is 4.79 Å². The van der Waals surface area contributed by atoms with Gasteiger partial charge in [0.25, 0.3) is 5.91 Å². The van der Waals surface area contributed by atoms with Crippen molar-refractivity contribution in [3.05, 3.63) is 51.3 Å². The molecule has 25 heavy (non-hydrogen) atoms. The Morgan fingerprint density at radius 2 is 2.24 bits per heavy atom. The second kappa shape index (κ2) is 8.83. The topological polar surface area (TPSA) is 59.0 Å². The predicted molar refractivity (Wildman–Crippen MR) is 106 cm³/mol. The van der Waals surface area contributed by atoms with E-state index >= 15 is 0 Å². The van der Waals surface area contributed by atoms with Gasteiger partial charge in [-0.3, -0.25) is 9.48 Å². The van der Waals surface area contributed by atoms with Crippen molar-refractivity contribution in [1.82, 2.24) is 20.4 Å². The van der Waals surface area contributed by atoms with Gasteiger partial charge in [0.1, 0.15) is 0 Å². The highest BCUT2D eigenvalue weighted by Gasteiger charge is 2.22. The molecule has 1 aliphatic heterocycles. The molecule has 1 aromatic carbocycles. The number of hydrogen-bond acceptors (Lipinski definition) is 3. The SMILES string of the molecule is Cc1nn(Cc2cccc(Br)c2)c(C)c1C(=O)N[C@H]1CCCNC1.Cl. The van der Waals surface area contributed by atoms with E-state index in [0.717, 1.165) is 47.4 Å². The quantitative estimate of drug-likeness (QED) is 0.788. The summed E-state index contributed by atoms with van der Waals surface area (Å²) in [6.45, 7) is 6.40. The van der Waals surface area contributed by atoms with E-state index in [4.69, 9.17) is 0 Å². The van der Waals surface area contributed by atoms with Crippen molar-refractivity contribution < 1.29 is 4.79 Å². The molecule has 0 radical (unpaired) electrons. The average Bonchev–Trinajstić information content (AvgIpc) is 2.82. The van der Waals surface area contributed by atoms with Crippen LogP contribution in [-0.4, -0.2) is 34.8 Å². The molecule has 1 saturated heterocycles. The average molecular weight is 428 g/mol. The summed E-state index contributed by atoms with van der Waals surface area (Å²) in [5, 5.41) is 11.0. The number of rotatable bonds is 4. The summed E-state index contributed by atoms with van der Waals surface area (Å²) in [6, 6.07) is 8.35. The van der Waals surface area contributed by atoms with E-state index in [-0.39, 0.29) is 24.4 Å². The summed E-state index contributed by atoms with van der Waals surface area (Å²) >= 11 is 3.49. The summed E-state index contributed by atoms with van der Waals surface area (Å²) in [6.07, 6.45) is 2.13. The van der Waals surface area contributed by atoms with Crippen LogP contribution in [0.25, 0.3) is 0 Å². The van der Waals surface area contributed by atoms with Gasteiger partial charge in [0.2, 0.25) is 0 Å².